The molecule has 0 amide bonds. The third-order valence-electron chi connectivity index (χ3n) is 4.44. The van der Waals surface area contributed by atoms with Crippen molar-refractivity contribution >= 4 is 24.1 Å². The largest absolute Gasteiger partial charge is 0.290 e. The van der Waals surface area contributed by atoms with Gasteiger partial charge in [-0.1, -0.05) is 58.2 Å². The van der Waals surface area contributed by atoms with Crippen LogP contribution >= 0.6 is 11.2 Å². The zero-order valence-electron chi connectivity index (χ0n) is 13.8. The summed E-state index contributed by atoms with van der Waals surface area (Å²) in [5.41, 5.74) is 1.60. The first-order valence-electron chi connectivity index (χ1n) is 8.79. The molecule has 0 aromatic heterocycles. The summed E-state index contributed by atoms with van der Waals surface area (Å²) in [4.78, 5) is 5.30. The molecule has 0 radical (unpaired) electrons. The summed E-state index contributed by atoms with van der Waals surface area (Å²) in [7, 11) is -1.05. The fraction of sp³-hybridized carbons (Fsp3) is 0.941. The van der Waals surface area contributed by atoms with Crippen LogP contribution in [0.4, 0.5) is 0 Å². The molecular formula is C17H33NSSi. The van der Waals surface area contributed by atoms with Crippen LogP contribution in [0.25, 0.3) is 0 Å². The lowest BCUT2D eigenvalue weighted by Gasteiger charge is -2.25. The molecule has 0 aromatic carbocycles. The minimum Gasteiger partial charge on any atom is -0.290 e. The first-order valence-corrected chi connectivity index (χ1v) is 13.9. The summed E-state index contributed by atoms with van der Waals surface area (Å²) in [5, 5.41) is 0.757. The summed E-state index contributed by atoms with van der Waals surface area (Å²) in [6.07, 6.45) is 15.3. The van der Waals surface area contributed by atoms with E-state index in [9.17, 15) is 0 Å². The molecule has 2 aliphatic rings. The fourth-order valence-electron chi connectivity index (χ4n) is 3.46. The summed E-state index contributed by atoms with van der Waals surface area (Å²) >= 11 is 2.30. The summed E-state index contributed by atoms with van der Waals surface area (Å²) < 4.78 is 0. The highest BCUT2D eigenvalue weighted by molar-refractivity contribution is 8.29. The van der Waals surface area contributed by atoms with Crippen molar-refractivity contribution in [3.8, 4) is 0 Å². The fourth-order valence-corrected chi connectivity index (χ4v) is 8.24. The number of hydrogen-bond acceptors (Lipinski definition) is 2. The van der Waals surface area contributed by atoms with E-state index in [4.69, 9.17) is 4.99 Å². The van der Waals surface area contributed by atoms with E-state index in [0.717, 1.165) is 5.25 Å². The number of hydrogen-bond donors (Lipinski definition) is 0. The third-order valence-corrected chi connectivity index (χ3v) is 8.91. The molecule has 0 heterocycles. The van der Waals surface area contributed by atoms with Crippen LogP contribution in [-0.2, 0) is 0 Å². The molecule has 2 fully saturated rings. The molecule has 2 aliphatic carbocycles. The van der Waals surface area contributed by atoms with Crippen molar-refractivity contribution in [3.05, 3.63) is 0 Å². The van der Waals surface area contributed by atoms with E-state index >= 15 is 0 Å². The Morgan fingerprint density at radius 3 is 2.10 bits per heavy atom. The first kappa shape index (κ1) is 16.6. The minimum absolute atomic E-state index is 0.662. The van der Waals surface area contributed by atoms with Gasteiger partial charge in [-0.05, 0) is 32.1 Å². The maximum Gasteiger partial charge on any atom is 0.109 e. The normalized spacial score (nSPS) is 29.1. The molecule has 116 valence electrons. The molecule has 20 heavy (non-hydrogen) atoms. The van der Waals surface area contributed by atoms with Gasteiger partial charge in [0.05, 0.1) is 0 Å². The van der Waals surface area contributed by atoms with Crippen LogP contribution < -0.4 is 0 Å². The van der Waals surface area contributed by atoms with Crippen LogP contribution in [0.5, 0.6) is 0 Å². The SMILES string of the molecule is C[Si](C)(C)SC1CCCCCC1=NC1CCCCCC1. The van der Waals surface area contributed by atoms with Crippen LogP contribution in [0.2, 0.25) is 19.6 Å². The summed E-state index contributed by atoms with van der Waals surface area (Å²) in [5.74, 6) is 0. The van der Waals surface area contributed by atoms with Gasteiger partial charge >= 0.3 is 0 Å². The zero-order chi connectivity index (χ0) is 14.4. The smallest absolute Gasteiger partial charge is 0.109 e. The van der Waals surface area contributed by atoms with Gasteiger partial charge in [0.1, 0.15) is 7.22 Å². The monoisotopic (exact) mass is 311 g/mol. The second kappa shape index (κ2) is 8.02. The van der Waals surface area contributed by atoms with E-state index in [1.165, 1.54) is 70.6 Å². The van der Waals surface area contributed by atoms with Crippen molar-refractivity contribution in [2.24, 2.45) is 4.99 Å². The Labute approximate surface area is 131 Å². The maximum absolute atomic E-state index is 5.30. The summed E-state index contributed by atoms with van der Waals surface area (Å²) in [6, 6.07) is 0.662. The Kier molecular flexibility index (Phi) is 6.66. The minimum atomic E-state index is -1.05. The van der Waals surface area contributed by atoms with Crippen molar-refractivity contribution in [1.82, 2.24) is 0 Å². The van der Waals surface area contributed by atoms with E-state index in [1.807, 2.05) is 0 Å². The van der Waals surface area contributed by atoms with Gasteiger partial charge in [0.25, 0.3) is 0 Å². The highest BCUT2D eigenvalue weighted by atomic mass is 32.4. The van der Waals surface area contributed by atoms with E-state index in [-0.39, 0.29) is 0 Å². The van der Waals surface area contributed by atoms with Gasteiger partial charge in [0.2, 0.25) is 0 Å². The van der Waals surface area contributed by atoms with Gasteiger partial charge < -0.3 is 0 Å². The lowest BCUT2D eigenvalue weighted by molar-refractivity contribution is 0.583. The molecule has 1 unspecified atom stereocenters. The molecule has 0 N–H and O–H groups in total. The van der Waals surface area contributed by atoms with Crippen LogP contribution in [0.1, 0.15) is 70.6 Å². The average Bonchev–Trinajstić information content (AvgIpc) is 2.72. The van der Waals surface area contributed by atoms with Gasteiger partial charge in [-0.3, -0.25) is 4.99 Å². The highest BCUT2D eigenvalue weighted by Crippen LogP contribution is 2.33. The molecule has 0 bridgehead atoms. The predicted octanol–water partition coefficient (Wildman–Crippen LogP) is 6.05. The average molecular weight is 312 g/mol. The molecule has 1 nitrogen and oxygen atoms in total. The molecule has 3 heteroatoms. The Bertz CT molecular complexity index is 313. The third kappa shape index (κ3) is 5.93. The van der Waals surface area contributed by atoms with Gasteiger partial charge in [-0.2, -0.15) is 11.2 Å². The molecule has 0 spiro atoms. The topological polar surface area (TPSA) is 12.4 Å². The van der Waals surface area contributed by atoms with Crippen LogP contribution in [0, 0.1) is 0 Å². The van der Waals surface area contributed by atoms with Crippen molar-refractivity contribution < 1.29 is 0 Å². The highest BCUT2D eigenvalue weighted by Gasteiger charge is 2.27. The van der Waals surface area contributed by atoms with Crippen LogP contribution in [0.15, 0.2) is 4.99 Å². The second-order valence-corrected chi connectivity index (χ2v) is 17.0. The Balaban J connectivity index is 2.06. The molecule has 1 atom stereocenters. The lowest BCUT2D eigenvalue weighted by Crippen LogP contribution is -2.27. The van der Waals surface area contributed by atoms with Crippen molar-refractivity contribution in [1.29, 1.82) is 0 Å². The molecule has 2 rings (SSSR count). The second-order valence-electron chi connectivity index (χ2n) is 7.58. The van der Waals surface area contributed by atoms with Crippen molar-refractivity contribution in [3.63, 3.8) is 0 Å². The van der Waals surface area contributed by atoms with Gasteiger partial charge in [-0.25, -0.2) is 0 Å². The Hall–Kier alpha value is 0.237. The molecule has 0 aliphatic heterocycles. The number of rotatable bonds is 3. The molecular weight excluding hydrogens is 278 g/mol. The summed E-state index contributed by atoms with van der Waals surface area (Å²) in [6.45, 7) is 7.48. The van der Waals surface area contributed by atoms with E-state index in [0.29, 0.717) is 6.04 Å². The van der Waals surface area contributed by atoms with Crippen molar-refractivity contribution in [2.45, 2.75) is 102 Å². The maximum atomic E-state index is 5.30. The van der Waals surface area contributed by atoms with Crippen molar-refractivity contribution in [2.75, 3.05) is 0 Å². The predicted molar refractivity (Wildman–Crippen MR) is 96.7 cm³/mol. The van der Waals surface area contributed by atoms with Crippen LogP contribution in [-0.4, -0.2) is 24.2 Å². The molecule has 0 saturated heterocycles. The van der Waals surface area contributed by atoms with Crippen LogP contribution in [0.3, 0.4) is 0 Å². The molecule has 0 aromatic rings. The van der Waals surface area contributed by atoms with Gasteiger partial charge in [-0.15, -0.1) is 0 Å². The lowest BCUT2D eigenvalue weighted by atomic mass is 10.1. The van der Waals surface area contributed by atoms with E-state index < -0.39 is 7.22 Å². The standard InChI is InChI=1S/C17H33NSSi/c1-20(2,3)19-17-14-10-6-9-13-16(17)18-15-11-7-4-5-8-12-15/h15,17H,4-14H2,1-3H3. The number of nitrogens with zero attached hydrogens (tertiary/aromatic N) is 1. The van der Waals surface area contributed by atoms with E-state index in [1.54, 1.807) is 5.71 Å². The number of aliphatic imine (C=N–C) groups is 1. The van der Waals surface area contributed by atoms with Gasteiger partial charge in [0, 0.05) is 17.0 Å². The Morgan fingerprint density at radius 1 is 0.850 bits per heavy atom. The Morgan fingerprint density at radius 2 is 1.45 bits per heavy atom. The zero-order valence-corrected chi connectivity index (χ0v) is 15.6. The molecule has 2 saturated carbocycles. The van der Waals surface area contributed by atoms with Gasteiger partial charge in [0.15, 0.2) is 0 Å². The van der Waals surface area contributed by atoms with E-state index in [2.05, 4.69) is 30.9 Å². The quantitative estimate of drug-likeness (QED) is 0.456. The first-order chi connectivity index (χ1) is 9.54.